The molecule has 0 spiro atoms. The van der Waals surface area contributed by atoms with Crippen molar-refractivity contribution >= 4 is 17.5 Å². The lowest BCUT2D eigenvalue weighted by atomic mass is 10.2. The summed E-state index contributed by atoms with van der Waals surface area (Å²) in [6, 6.07) is 3.78. The number of primary amides is 1. The summed E-state index contributed by atoms with van der Waals surface area (Å²) in [5.41, 5.74) is 10.3. The summed E-state index contributed by atoms with van der Waals surface area (Å²) >= 11 is 0. The zero-order valence-electron chi connectivity index (χ0n) is 9.61. The molecule has 1 rings (SSSR count). The van der Waals surface area contributed by atoms with Crippen molar-refractivity contribution in [2.45, 2.75) is 0 Å². The third kappa shape index (κ3) is 4.38. The van der Waals surface area contributed by atoms with Crippen LogP contribution in [0.2, 0.25) is 0 Å². The second kappa shape index (κ2) is 6.55. The minimum absolute atomic E-state index is 0.0173. The van der Waals surface area contributed by atoms with Crippen molar-refractivity contribution in [3.05, 3.63) is 29.6 Å². The number of rotatable bonds is 6. The van der Waals surface area contributed by atoms with Crippen LogP contribution in [-0.4, -0.2) is 31.6 Å². The molecule has 7 heteroatoms. The van der Waals surface area contributed by atoms with Gasteiger partial charge in [-0.1, -0.05) is 0 Å². The van der Waals surface area contributed by atoms with Crippen LogP contribution >= 0.6 is 0 Å². The van der Waals surface area contributed by atoms with E-state index in [1.165, 1.54) is 12.1 Å². The highest BCUT2D eigenvalue weighted by Crippen LogP contribution is 2.11. The summed E-state index contributed by atoms with van der Waals surface area (Å²) < 4.78 is 17.9. The van der Waals surface area contributed by atoms with E-state index in [-0.39, 0.29) is 31.0 Å². The third-order valence-corrected chi connectivity index (χ3v) is 2.04. The van der Waals surface area contributed by atoms with Gasteiger partial charge in [-0.2, -0.15) is 0 Å². The minimum atomic E-state index is -0.646. The molecule has 98 valence electrons. The molecule has 0 saturated carbocycles. The predicted molar refractivity (Wildman–Crippen MR) is 63.2 cm³/mol. The minimum Gasteiger partial charge on any atom is -0.396 e. The van der Waals surface area contributed by atoms with Crippen molar-refractivity contribution < 1.29 is 18.7 Å². The first-order valence-electron chi connectivity index (χ1n) is 5.20. The van der Waals surface area contributed by atoms with Gasteiger partial charge >= 0.3 is 0 Å². The lowest BCUT2D eigenvalue weighted by Gasteiger charge is -2.06. The SMILES string of the molecule is NC(=O)COCCNC(=O)c1ccc(N)c(F)c1. The molecule has 0 unspecified atom stereocenters. The molecule has 1 aromatic rings. The number of benzene rings is 1. The first-order chi connectivity index (χ1) is 8.50. The second-order valence-corrected chi connectivity index (χ2v) is 3.51. The topological polar surface area (TPSA) is 107 Å². The van der Waals surface area contributed by atoms with Crippen LogP contribution in [0, 0.1) is 5.82 Å². The third-order valence-electron chi connectivity index (χ3n) is 2.04. The van der Waals surface area contributed by atoms with E-state index in [4.69, 9.17) is 16.2 Å². The van der Waals surface area contributed by atoms with E-state index >= 15 is 0 Å². The molecule has 0 aliphatic carbocycles. The van der Waals surface area contributed by atoms with E-state index in [0.717, 1.165) is 6.07 Å². The fourth-order valence-electron chi connectivity index (χ4n) is 1.18. The standard InChI is InChI=1S/C11H14FN3O3/c12-8-5-7(1-2-9(8)13)11(17)15-3-4-18-6-10(14)16/h1-2,5H,3-4,6,13H2,(H2,14,16)(H,15,17). The normalized spacial score (nSPS) is 10.1. The van der Waals surface area contributed by atoms with Gasteiger partial charge in [-0.25, -0.2) is 4.39 Å². The van der Waals surface area contributed by atoms with Gasteiger partial charge in [-0.05, 0) is 18.2 Å². The van der Waals surface area contributed by atoms with Gasteiger partial charge in [0.05, 0.1) is 12.3 Å². The van der Waals surface area contributed by atoms with Crippen molar-refractivity contribution in [1.82, 2.24) is 5.32 Å². The average Bonchev–Trinajstić information content (AvgIpc) is 2.31. The molecule has 0 heterocycles. The number of ether oxygens (including phenoxy) is 1. The maximum atomic E-state index is 13.1. The monoisotopic (exact) mass is 255 g/mol. The number of carbonyl (C=O) groups is 2. The summed E-state index contributed by atoms with van der Waals surface area (Å²) in [5.74, 6) is -1.67. The predicted octanol–water partition coefficient (Wildman–Crippen LogP) is -0.360. The maximum Gasteiger partial charge on any atom is 0.251 e. The van der Waals surface area contributed by atoms with Gasteiger partial charge in [0.2, 0.25) is 5.91 Å². The van der Waals surface area contributed by atoms with Gasteiger partial charge < -0.3 is 21.5 Å². The molecule has 0 radical (unpaired) electrons. The van der Waals surface area contributed by atoms with E-state index in [9.17, 15) is 14.0 Å². The van der Waals surface area contributed by atoms with Crippen molar-refractivity contribution in [3.8, 4) is 0 Å². The van der Waals surface area contributed by atoms with Crippen LogP contribution in [0.4, 0.5) is 10.1 Å². The Balaban J connectivity index is 2.36. The Morgan fingerprint density at radius 3 is 2.72 bits per heavy atom. The zero-order valence-corrected chi connectivity index (χ0v) is 9.61. The summed E-state index contributed by atoms with van der Waals surface area (Å²) in [6.45, 7) is 0.136. The number of halogens is 1. The molecule has 2 amide bonds. The highest BCUT2D eigenvalue weighted by Gasteiger charge is 2.07. The maximum absolute atomic E-state index is 13.1. The van der Waals surface area contributed by atoms with Crippen LogP contribution in [0.3, 0.4) is 0 Å². The molecule has 1 aromatic carbocycles. The number of nitrogen functional groups attached to an aromatic ring is 1. The van der Waals surface area contributed by atoms with E-state index in [1.54, 1.807) is 0 Å². The van der Waals surface area contributed by atoms with Gasteiger partial charge in [0, 0.05) is 12.1 Å². The summed E-state index contributed by atoms with van der Waals surface area (Å²) in [4.78, 5) is 21.9. The second-order valence-electron chi connectivity index (χ2n) is 3.51. The number of carbonyl (C=O) groups excluding carboxylic acids is 2. The van der Waals surface area contributed by atoms with Crippen LogP contribution in [0.5, 0.6) is 0 Å². The molecule has 0 aliphatic heterocycles. The lowest BCUT2D eigenvalue weighted by Crippen LogP contribution is -2.28. The summed E-state index contributed by atoms with van der Waals surface area (Å²) in [7, 11) is 0. The molecular formula is C11H14FN3O3. The van der Waals surface area contributed by atoms with Crippen molar-refractivity contribution in [2.75, 3.05) is 25.5 Å². The molecule has 18 heavy (non-hydrogen) atoms. The highest BCUT2D eigenvalue weighted by molar-refractivity contribution is 5.94. The number of amides is 2. The van der Waals surface area contributed by atoms with Crippen LogP contribution in [0.1, 0.15) is 10.4 Å². The van der Waals surface area contributed by atoms with Gasteiger partial charge in [0.1, 0.15) is 12.4 Å². The van der Waals surface area contributed by atoms with Crippen LogP contribution in [0.25, 0.3) is 0 Å². The fourth-order valence-corrected chi connectivity index (χ4v) is 1.18. The quantitative estimate of drug-likeness (QED) is 0.476. The number of nitrogens with one attached hydrogen (secondary N) is 1. The van der Waals surface area contributed by atoms with E-state index in [0.29, 0.717) is 0 Å². The van der Waals surface area contributed by atoms with E-state index < -0.39 is 17.6 Å². The average molecular weight is 255 g/mol. The van der Waals surface area contributed by atoms with Crippen molar-refractivity contribution in [3.63, 3.8) is 0 Å². The Morgan fingerprint density at radius 1 is 1.39 bits per heavy atom. The van der Waals surface area contributed by atoms with Crippen LogP contribution in [0.15, 0.2) is 18.2 Å². The highest BCUT2D eigenvalue weighted by atomic mass is 19.1. The molecule has 0 bridgehead atoms. The first kappa shape index (κ1) is 13.9. The zero-order chi connectivity index (χ0) is 13.5. The van der Waals surface area contributed by atoms with Gasteiger partial charge in [0.15, 0.2) is 0 Å². The number of hydrogen-bond acceptors (Lipinski definition) is 4. The van der Waals surface area contributed by atoms with Gasteiger partial charge in [-0.15, -0.1) is 0 Å². The van der Waals surface area contributed by atoms with Crippen LogP contribution in [-0.2, 0) is 9.53 Å². The molecule has 5 N–H and O–H groups in total. The van der Waals surface area contributed by atoms with E-state index in [2.05, 4.69) is 5.32 Å². The Bertz CT molecular complexity index is 451. The fraction of sp³-hybridized carbons (Fsp3) is 0.273. The Kier molecular flexibility index (Phi) is 5.06. The van der Waals surface area contributed by atoms with Gasteiger partial charge in [0.25, 0.3) is 5.91 Å². The lowest BCUT2D eigenvalue weighted by molar-refractivity contribution is -0.122. The van der Waals surface area contributed by atoms with Crippen molar-refractivity contribution in [1.29, 1.82) is 0 Å². The van der Waals surface area contributed by atoms with Crippen molar-refractivity contribution in [2.24, 2.45) is 5.73 Å². The Labute approximate surface area is 103 Å². The number of anilines is 1. The van der Waals surface area contributed by atoms with E-state index in [1.807, 2.05) is 0 Å². The molecule has 0 atom stereocenters. The number of hydrogen-bond donors (Lipinski definition) is 3. The Hall–Kier alpha value is -2.15. The van der Waals surface area contributed by atoms with Crippen LogP contribution < -0.4 is 16.8 Å². The molecule has 0 fully saturated rings. The first-order valence-corrected chi connectivity index (χ1v) is 5.20. The molecule has 0 aliphatic rings. The molecular weight excluding hydrogens is 241 g/mol. The Morgan fingerprint density at radius 2 is 2.11 bits per heavy atom. The number of nitrogens with two attached hydrogens (primary N) is 2. The molecule has 0 saturated heterocycles. The molecule has 0 aromatic heterocycles. The largest absolute Gasteiger partial charge is 0.396 e. The molecule has 6 nitrogen and oxygen atoms in total. The van der Waals surface area contributed by atoms with Gasteiger partial charge in [-0.3, -0.25) is 9.59 Å². The smallest absolute Gasteiger partial charge is 0.251 e. The summed E-state index contributed by atoms with van der Waals surface area (Å²) in [5, 5.41) is 2.50. The summed E-state index contributed by atoms with van der Waals surface area (Å²) in [6.07, 6.45) is 0.